The summed E-state index contributed by atoms with van der Waals surface area (Å²) in [5.74, 6) is 0. The fourth-order valence-electron chi connectivity index (χ4n) is 4.04. The second-order valence-corrected chi connectivity index (χ2v) is 8.12. The van der Waals surface area contributed by atoms with Gasteiger partial charge in [0.25, 0.3) is 0 Å². The van der Waals surface area contributed by atoms with Crippen molar-refractivity contribution in [2.75, 3.05) is 0 Å². The molecule has 0 amide bonds. The number of hydrogen-bond acceptors (Lipinski definition) is 2. The van der Waals surface area contributed by atoms with Crippen LogP contribution in [0.3, 0.4) is 0 Å². The molecule has 5 rings (SSSR count). The highest BCUT2D eigenvalue weighted by Gasteiger charge is 2.51. The molecule has 1 fully saturated rings. The molecule has 1 aliphatic heterocycles. The predicted molar refractivity (Wildman–Crippen MR) is 100.0 cm³/mol. The Bertz CT molecular complexity index is 988. The fraction of sp³-hybridized carbons (Fsp3) is 0.333. The van der Waals surface area contributed by atoms with Gasteiger partial charge in [0.05, 0.1) is 11.2 Å². The Morgan fingerprint density at radius 2 is 1.46 bits per heavy atom. The van der Waals surface area contributed by atoms with E-state index in [0.29, 0.717) is 0 Å². The van der Waals surface area contributed by atoms with Crippen LogP contribution in [0, 0.1) is 0 Å². The maximum Gasteiger partial charge on any atom is 0.494 e. The average Bonchev–Trinajstić information content (AvgIpc) is 3.00. The van der Waals surface area contributed by atoms with Crippen molar-refractivity contribution >= 4 is 34.1 Å². The molecule has 120 valence electrons. The van der Waals surface area contributed by atoms with Crippen LogP contribution >= 0.6 is 0 Å². The third kappa shape index (κ3) is 1.80. The summed E-state index contributed by atoms with van der Waals surface area (Å²) < 4.78 is 12.5. The van der Waals surface area contributed by atoms with Crippen LogP contribution in [-0.2, 0) is 15.7 Å². The molecule has 0 unspecified atom stereocenters. The largest absolute Gasteiger partial charge is 0.494 e. The zero-order valence-corrected chi connectivity index (χ0v) is 14.6. The number of rotatable bonds is 1. The van der Waals surface area contributed by atoms with Crippen LogP contribution in [0.5, 0.6) is 0 Å². The van der Waals surface area contributed by atoms with Crippen LogP contribution in [-0.4, -0.2) is 18.3 Å². The van der Waals surface area contributed by atoms with E-state index in [0.717, 1.165) is 11.9 Å². The molecule has 0 N–H and O–H groups in total. The zero-order valence-electron chi connectivity index (χ0n) is 14.6. The summed E-state index contributed by atoms with van der Waals surface area (Å²) in [6, 6.07) is 15.6. The molecule has 0 bridgehead atoms. The minimum atomic E-state index is -0.306. The monoisotopic (exact) mass is 316 g/mol. The Labute approximate surface area is 142 Å². The van der Waals surface area contributed by atoms with E-state index in [9.17, 15) is 0 Å². The van der Waals surface area contributed by atoms with Gasteiger partial charge >= 0.3 is 7.12 Å². The zero-order chi connectivity index (χ0) is 16.7. The number of hydrogen-bond donors (Lipinski definition) is 0. The second-order valence-electron chi connectivity index (χ2n) is 8.12. The van der Waals surface area contributed by atoms with Crippen molar-refractivity contribution in [2.24, 2.45) is 0 Å². The van der Waals surface area contributed by atoms with Crippen LogP contribution in [0.1, 0.15) is 38.8 Å². The van der Waals surface area contributed by atoms with Crippen molar-refractivity contribution in [2.45, 2.75) is 45.3 Å². The molecular formula is C21H21BO2. The van der Waals surface area contributed by atoms with E-state index in [4.69, 9.17) is 9.31 Å². The Morgan fingerprint density at radius 1 is 0.792 bits per heavy atom. The lowest BCUT2D eigenvalue weighted by atomic mass is 9.77. The summed E-state index contributed by atoms with van der Waals surface area (Å²) in [5.41, 5.74) is 3.34. The quantitative estimate of drug-likeness (QED) is 0.387. The molecule has 1 aliphatic carbocycles. The van der Waals surface area contributed by atoms with Gasteiger partial charge in [-0.3, -0.25) is 0 Å². The highest BCUT2D eigenvalue weighted by molar-refractivity contribution is 6.62. The normalized spacial score (nSPS) is 20.6. The standard InChI is InChI=1S/C21H21BO2/c1-20(2)21(3,4)24-22(23-20)17-11-15-9-8-13-6-5-7-14-10-16(12-17)19(15)18(13)14/h5-9,11-12H,10H2,1-4H3. The maximum atomic E-state index is 6.26. The van der Waals surface area contributed by atoms with Crippen molar-refractivity contribution in [1.82, 2.24) is 0 Å². The molecule has 0 aromatic heterocycles. The first-order valence-corrected chi connectivity index (χ1v) is 8.68. The van der Waals surface area contributed by atoms with E-state index in [-0.39, 0.29) is 18.3 Å². The lowest BCUT2D eigenvalue weighted by molar-refractivity contribution is 0.00578. The summed E-state index contributed by atoms with van der Waals surface area (Å²) in [5, 5.41) is 5.45. The summed E-state index contributed by atoms with van der Waals surface area (Å²) in [6.45, 7) is 8.41. The van der Waals surface area contributed by atoms with E-state index in [1.165, 1.54) is 32.7 Å². The minimum Gasteiger partial charge on any atom is -0.399 e. The predicted octanol–water partition coefficient (Wildman–Crippen LogP) is 4.20. The Hall–Kier alpha value is -1.84. The lowest BCUT2D eigenvalue weighted by Crippen LogP contribution is -2.41. The SMILES string of the molecule is CC1(C)OB(c2cc3c4c(ccc5cccc(c54)C3)c2)OC1(C)C. The van der Waals surface area contributed by atoms with Gasteiger partial charge in [-0.15, -0.1) is 0 Å². The molecule has 2 nitrogen and oxygen atoms in total. The molecule has 1 heterocycles. The molecule has 0 atom stereocenters. The van der Waals surface area contributed by atoms with Gasteiger partial charge in [0.2, 0.25) is 0 Å². The summed E-state index contributed by atoms with van der Waals surface area (Å²) in [7, 11) is -0.296. The first kappa shape index (κ1) is 14.5. The highest BCUT2D eigenvalue weighted by atomic mass is 16.7. The summed E-state index contributed by atoms with van der Waals surface area (Å²) >= 11 is 0. The molecule has 0 saturated carbocycles. The van der Waals surface area contributed by atoms with Crippen molar-refractivity contribution in [1.29, 1.82) is 0 Å². The van der Waals surface area contributed by atoms with Crippen LogP contribution in [0.4, 0.5) is 0 Å². The first-order valence-electron chi connectivity index (χ1n) is 8.68. The van der Waals surface area contributed by atoms with E-state index in [2.05, 4.69) is 70.2 Å². The molecule has 3 heteroatoms. The topological polar surface area (TPSA) is 18.5 Å². The van der Waals surface area contributed by atoms with E-state index >= 15 is 0 Å². The van der Waals surface area contributed by atoms with Gasteiger partial charge in [-0.2, -0.15) is 0 Å². The Morgan fingerprint density at radius 3 is 2.21 bits per heavy atom. The van der Waals surface area contributed by atoms with Crippen LogP contribution in [0.2, 0.25) is 0 Å². The average molecular weight is 316 g/mol. The van der Waals surface area contributed by atoms with Gasteiger partial charge < -0.3 is 9.31 Å². The molecule has 2 aliphatic rings. The number of benzene rings is 3. The van der Waals surface area contributed by atoms with E-state index in [1.807, 2.05) is 0 Å². The summed E-state index contributed by atoms with van der Waals surface area (Å²) in [6.07, 6.45) is 1.00. The van der Waals surface area contributed by atoms with Crippen LogP contribution < -0.4 is 5.46 Å². The van der Waals surface area contributed by atoms with Crippen molar-refractivity contribution in [3.05, 3.63) is 53.6 Å². The molecule has 1 saturated heterocycles. The smallest absolute Gasteiger partial charge is 0.399 e. The fourth-order valence-corrected chi connectivity index (χ4v) is 4.04. The van der Waals surface area contributed by atoms with Gasteiger partial charge in [-0.1, -0.05) is 42.5 Å². The van der Waals surface area contributed by atoms with Crippen molar-refractivity contribution in [3.8, 4) is 0 Å². The molecule has 3 aromatic carbocycles. The third-order valence-electron chi connectivity index (χ3n) is 6.05. The molecule has 24 heavy (non-hydrogen) atoms. The molecule has 3 aromatic rings. The first-order chi connectivity index (χ1) is 11.4. The second kappa shape index (κ2) is 4.41. The van der Waals surface area contributed by atoms with Crippen LogP contribution in [0.25, 0.3) is 21.5 Å². The van der Waals surface area contributed by atoms with Crippen molar-refractivity contribution < 1.29 is 9.31 Å². The minimum absolute atomic E-state index is 0.296. The molecule has 0 radical (unpaired) electrons. The van der Waals surface area contributed by atoms with Gasteiger partial charge in [0.15, 0.2) is 0 Å². The lowest BCUT2D eigenvalue weighted by Gasteiger charge is -2.32. The van der Waals surface area contributed by atoms with Crippen LogP contribution in [0.15, 0.2) is 42.5 Å². The molecular weight excluding hydrogens is 295 g/mol. The van der Waals surface area contributed by atoms with Gasteiger partial charge in [-0.05, 0) is 72.3 Å². The van der Waals surface area contributed by atoms with Gasteiger partial charge in [0, 0.05) is 0 Å². The summed E-state index contributed by atoms with van der Waals surface area (Å²) in [4.78, 5) is 0. The van der Waals surface area contributed by atoms with Gasteiger partial charge in [0.1, 0.15) is 0 Å². The third-order valence-corrected chi connectivity index (χ3v) is 6.05. The Balaban J connectivity index is 1.68. The maximum absolute atomic E-state index is 6.26. The molecule has 0 spiro atoms. The van der Waals surface area contributed by atoms with Crippen molar-refractivity contribution in [3.63, 3.8) is 0 Å². The highest BCUT2D eigenvalue weighted by Crippen LogP contribution is 2.40. The van der Waals surface area contributed by atoms with E-state index < -0.39 is 0 Å². The van der Waals surface area contributed by atoms with Gasteiger partial charge in [-0.25, -0.2) is 0 Å². The van der Waals surface area contributed by atoms with E-state index in [1.54, 1.807) is 0 Å². The Kier molecular flexibility index (Phi) is 2.67.